The third-order valence-electron chi connectivity index (χ3n) is 3.16. The van der Waals surface area contributed by atoms with Gasteiger partial charge in [-0.2, -0.15) is 5.26 Å². The molecule has 1 aromatic heterocycles. The van der Waals surface area contributed by atoms with Gasteiger partial charge in [-0.15, -0.1) is 0 Å². The van der Waals surface area contributed by atoms with Gasteiger partial charge in [-0.05, 0) is 31.4 Å². The van der Waals surface area contributed by atoms with Crippen LogP contribution in [0.5, 0.6) is 0 Å². The largest absolute Gasteiger partial charge is 0.396 e. The Kier molecular flexibility index (Phi) is 4.18. The van der Waals surface area contributed by atoms with E-state index in [0.29, 0.717) is 11.5 Å². The van der Waals surface area contributed by atoms with E-state index in [1.165, 1.54) is 6.42 Å². The first-order valence-electron chi connectivity index (χ1n) is 6.39. The van der Waals surface area contributed by atoms with Crippen LogP contribution in [0.1, 0.15) is 25.0 Å². The molecule has 0 bridgehead atoms. The van der Waals surface area contributed by atoms with Crippen LogP contribution in [0.2, 0.25) is 0 Å². The van der Waals surface area contributed by atoms with E-state index < -0.39 is 0 Å². The number of nitrogens with zero attached hydrogens (tertiary/aromatic N) is 3. The van der Waals surface area contributed by atoms with Crippen LogP contribution in [0.4, 0.5) is 11.5 Å². The number of nitriles is 1. The van der Waals surface area contributed by atoms with E-state index in [0.717, 1.165) is 25.9 Å². The molecule has 1 aromatic rings. The summed E-state index contributed by atoms with van der Waals surface area (Å²) in [5.74, 6) is 0.563. The number of nitrogens with two attached hydrogens (primary N) is 1. The molecule has 6 nitrogen and oxygen atoms in total. The Hall–Kier alpha value is -2.29. The van der Waals surface area contributed by atoms with Crippen molar-refractivity contribution in [2.45, 2.75) is 19.3 Å². The fourth-order valence-corrected chi connectivity index (χ4v) is 2.08. The maximum absolute atomic E-state index is 11.9. The normalized spacial score (nSPS) is 14.8. The van der Waals surface area contributed by atoms with Crippen LogP contribution in [0, 0.1) is 11.3 Å². The molecule has 0 spiro atoms. The summed E-state index contributed by atoms with van der Waals surface area (Å²) in [5, 5.41) is 11.8. The Morgan fingerprint density at radius 1 is 1.42 bits per heavy atom. The van der Waals surface area contributed by atoms with Crippen LogP contribution in [0.15, 0.2) is 12.1 Å². The van der Waals surface area contributed by atoms with Crippen LogP contribution < -0.4 is 11.1 Å². The number of likely N-dealkylation sites (tertiary alicyclic amines) is 1. The van der Waals surface area contributed by atoms with E-state index in [1.807, 2.05) is 11.0 Å². The minimum atomic E-state index is 0.0665. The summed E-state index contributed by atoms with van der Waals surface area (Å²) >= 11 is 0. The van der Waals surface area contributed by atoms with Crippen molar-refractivity contribution in [1.82, 2.24) is 9.88 Å². The van der Waals surface area contributed by atoms with Gasteiger partial charge < -0.3 is 16.0 Å². The number of hydrogen-bond donors (Lipinski definition) is 2. The first kappa shape index (κ1) is 13.1. The molecule has 3 N–H and O–H groups in total. The van der Waals surface area contributed by atoms with Crippen LogP contribution in [-0.4, -0.2) is 35.4 Å². The zero-order chi connectivity index (χ0) is 13.7. The lowest BCUT2D eigenvalue weighted by Crippen LogP contribution is -2.39. The van der Waals surface area contributed by atoms with Crippen molar-refractivity contribution in [2.75, 3.05) is 30.7 Å². The van der Waals surface area contributed by atoms with Gasteiger partial charge in [0.1, 0.15) is 11.9 Å². The Labute approximate surface area is 112 Å². The summed E-state index contributed by atoms with van der Waals surface area (Å²) in [6, 6.07) is 5.19. The van der Waals surface area contributed by atoms with Crippen molar-refractivity contribution in [3.8, 4) is 6.07 Å². The summed E-state index contributed by atoms with van der Waals surface area (Å²) in [4.78, 5) is 17.8. The lowest BCUT2D eigenvalue weighted by atomic mass is 10.1. The summed E-state index contributed by atoms with van der Waals surface area (Å²) in [5.41, 5.74) is 6.10. The second-order valence-electron chi connectivity index (χ2n) is 4.54. The second-order valence-corrected chi connectivity index (χ2v) is 4.54. The molecule has 0 unspecified atom stereocenters. The SMILES string of the molecule is N#Cc1nc(NCC(=O)N2CCCCC2)ccc1N. The maximum atomic E-state index is 11.9. The molecule has 0 aromatic carbocycles. The summed E-state index contributed by atoms with van der Waals surface area (Å²) < 4.78 is 0. The van der Waals surface area contributed by atoms with Gasteiger partial charge >= 0.3 is 0 Å². The average molecular weight is 259 g/mol. The van der Waals surface area contributed by atoms with E-state index in [2.05, 4.69) is 10.3 Å². The number of carbonyl (C=O) groups is 1. The monoisotopic (exact) mass is 259 g/mol. The summed E-state index contributed by atoms with van der Waals surface area (Å²) in [7, 11) is 0. The molecule has 2 rings (SSSR count). The molecule has 0 atom stereocenters. The average Bonchev–Trinajstić information content (AvgIpc) is 2.47. The zero-order valence-corrected chi connectivity index (χ0v) is 10.7. The number of pyridine rings is 1. The molecular formula is C13H17N5O. The molecule has 1 aliphatic heterocycles. The molecule has 0 radical (unpaired) electrons. The van der Waals surface area contributed by atoms with Crippen molar-refractivity contribution in [3.05, 3.63) is 17.8 Å². The molecule has 2 heterocycles. The molecule has 6 heteroatoms. The number of rotatable bonds is 3. The predicted molar refractivity (Wildman–Crippen MR) is 72.3 cm³/mol. The summed E-state index contributed by atoms with van der Waals surface area (Å²) in [6.07, 6.45) is 3.34. The lowest BCUT2D eigenvalue weighted by Gasteiger charge is -2.26. The highest BCUT2D eigenvalue weighted by Crippen LogP contribution is 2.12. The van der Waals surface area contributed by atoms with E-state index in [9.17, 15) is 4.79 Å². The predicted octanol–water partition coefficient (Wildman–Crippen LogP) is 0.960. The highest BCUT2D eigenvalue weighted by molar-refractivity contribution is 5.80. The highest BCUT2D eigenvalue weighted by Gasteiger charge is 2.16. The van der Waals surface area contributed by atoms with Gasteiger partial charge in [0.15, 0.2) is 5.69 Å². The van der Waals surface area contributed by atoms with Crippen molar-refractivity contribution in [2.24, 2.45) is 0 Å². The van der Waals surface area contributed by atoms with E-state index in [-0.39, 0.29) is 18.1 Å². The smallest absolute Gasteiger partial charge is 0.241 e. The highest BCUT2D eigenvalue weighted by atomic mass is 16.2. The van der Waals surface area contributed by atoms with Gasteiger partial charge in [0.25, 0.3) is 0 Å². The number of nitrogen functional groups attached to an aromatic ring is 1. The summed E-state index contributed by atoms with van der Waals surface area (Å²) in [6.45, 7) is 1.86. The number of carbonyl (C=O) groups excluding carboxylic acids is 1. The Bertz CT molecular complexity index is 502. The number of aromatic nitrogens is 1. The van der Waals surface area contributed by atoms with Crippen molar-refractivity contribution >= 4 is 17.4 Å². The van der Waals surface area contributed by atoms with E-state index in [4.69, 9.17) is 11.0 Å². The third kappa shape index (κ3) is 3.35. The van der Waals surface area contributed by atoms with Crippen LogP contribution in [0.3, 0.4) is 0 Å². The second kappa shape index (κ2) is 6.05. The molecule has 19 heavy (non-hydrogen) atoms. The number of hydrogen-bond acceptors (Lipinski definition) is 5. The van der Waals surface area contributed by atoms with Gasteiger partial charge in [0.2, 0.25) is 5.91 Å². The van der Waals surface area contributed by atoms with Gasteiger partial charge in [0.05, 0.1) is 12.2 Å². The van der Waals surface area contributed by atoms with E-state index >= 15 is 0 Å². The fourth-order valence-electron chi connectivity index (χ4n) is 2.08. The van der Waals surface area contributed by atoms with E-state index in [1.54, 1.807) is 12.1 Å². The van der Waals surface area contributed by atoms with Gasteiger partial charge in [-0.25, -0.2) is 4.98 Å². The van der Waals surface area contributed by atoms with Crippen LogP contribution >= 0.6 is 0 Å². The minimum absolute atomic E-state index is 0.0665. The fraction of sp³-hybridized carbons (Fsp3) is 0.462. The van der Waals surface area contributed by atoms with Crippen molar-refractivity contribution in [3.63, 3.8) is 0 Å². The van der Waals surface area contributed by atoms with Gasteiger partial charge in [-0.1, -0.05) is 0 Å². The number of nitrogens with one attached hydrogen (secondary N) is 1. The van der Waals surface area contributed by atoms with Crippen molar-refractivity contribution in [1.29, 1.82) is 5.26 Å². The molecule has 0 saturated carbocycles. The van der Waals surface area contributed by atoms with Gasteiger partial charge in [-0.3, -0.25) is 4.79 Å². The van der Waals surface area contributed by atoms with Crippen molar-refractivity contribution < 1.29 is 4.79 Å². The standard InChI is InChI=1S/C13H17N5O/c14-8-11-10(15)4-5-12(17-11)16-9-13(19)18-6-2-1-3-7-18/h4-5H,1-3,6-7,9,15H2,(H,16,17). The Balaban J connectivity index is 1.91. The molecule has 1 aliphatic rings. The number of piperidine rings is 1. The topological polar surface area (TPSA) is 95.0 Å². The number of amides is 1. The Morgan fingerprint density at radius 2 is 2.16 bits per heavy atom. The molecule has 1 amide bonds. The third-order valence-corrected chi connectivity index (χ3v) is 3.16. The molecular weight excluding hydrogens is 242 g/mol. The first-order chi connectivity index (χ1) is 9.20. The molecule has 1 saturated heterocycles. The van der Waals surface area contributed by atoms with Gasteiger partial charge in [0, 0.05) is 13.1 Å². The zero-order valence-electron chi connectivity index (χ0n) is 10.7. The number of anilines is 2. The van der Waals surface area contributed by atoms with Crippen LogP contribution in [-0.2, 0) is 4.79 Å². The quantitative estimate of drug-likeness (QED) is 0.843. The maximum Gasteiger partial charge on any atom is 0.241 e. The van der Waals surface area contributed by atoms with Crippen LogP contribution in [0.25, 0.3) is 0 Å². The lowest BCUT2D eigenvalue weighted by molar-refractivity contribution is -0.130. The first-order valence-corrected chi connectivity index (χ1v) is 6.39. The molecule has 0 aliphatic carbocycles. The minimum Gasteiger partial charge on any atom is -0.396 e. The molecule has 1 fully saturated rings. The molecule has 100 valence electrons. The Morgan fingerprint density at radius 3 is 2.84 bits per heavy atom.